The summed E-state index contributed by atoms with van der Waals surface area (Å²) in [6, 6.07) is 0. The minimum Gasteiger partial charge on any atom is -0.465 e. The quantitative estimate of drug-likeness (QED) is 0.543. The number of methoxy groups -OCH3 is 2. The molecule has 3 aliphatic carbocycles. The highest BCUT2D eigenvalue weighted by molar-refractivity contribution is 6.18. The van der Waals surface area contributed by atoms with E-state index in [4.69, 9.17) is 18.9 Å². The largest absolute Gasteiger partial charge is 0.465 e. The predicted octanol–water partition coefficient (Wildman–Crippen LogP) is 2.90. The molecule has 1 unspecified atom stereocenters. The maximum absolute atomic E-state index is 12.9. The Morgan fingerprint density at radius 1 is 1.21 bits per heavy atom. The standard InChI is InChI=1S/C22H32O6/c1-14-16-5-6-21(13-25-3)12-15(19(24)26-4)17(23)11-18(21)20(16,2)7-8-22(14)27-9-10-28-22/h12,14,16,18H,5-11,13H2,1-4H3/t14-,16-,18?,20-,21-/m0/s1. The van der Waals surface area contributed by atoms with Crippen molar-refractivity contribution in [2.75, 3.05) is 34.0 Å². The Morgan fingerprint density at radius 2 is 1.93 bits per heavy atom. The molecule has 0 aromatic rings. The summed E-state index contributed by atoms with van der Waals surface area (Å²) in [5, 5.41) is 0. The molecular weight excluding hydrogens is 360 g/mol. The fraction of sp³-hybridized carbons (Fsp3) is 0.818. The lowest BCUT2D eigenvalue weighted by Gasteiger charge is -2.63. The van der Waals surface area contributed by atoms with Crippen LogP contribution >= 0.6 is 0 Å². The number of hydrogen-bond acceptors (Lipinski definition) is 6. The Bertz CT molecular complexity index is 693. The molecular formula is C22H32O6. The first kappa shape index (κ1) is 20.0. The van der Waals surface area contributed by atoms with Gasteiger partial charge < -0.3 is 18.9 Å². The van der Waals surface area contributed by atoms with E-state index >= 15 is 0 Å². The summed E-state index contributed by atoms with van der Waals surface area (Å²) in [5.74, 6) is -0.273. The lowest BCUT2D eigenvalue weighted by atomic mass is 9.43. The smallest absolute Gasteiger partial charge is 0.341 e. The van der Waals surface area contributed by atoms with E-state index in [9.17, 15) is 9.59 Å². The molecule has 0 aromatic heterocycles. The topological polar surface area (TPSA) is 71.1 Å². The van der Waals surface area contributed by atoms with Crippen molar-refractivity contribution in [3.8, 4) is 0 Å². The molecule has 1 heterocycles. The number of ketones is 1. The Morgan fingerprint density at radius 3 is 2.57 bits per heavy atom. The van der Waals surface area contributed by atoms with Gasteiger partial charge in [0, 0.05) is 31.3 Å². The van der Waals surface area contributed by atoms with Crippen LogP contribution in [0.5, 0.6) is 0 Å². The van der Waals surface area contributed by atoms with Crippen LogP contribution in [0.25, 0.3) is 0 Å². The van der Waals surface area contributed by atoms with E-state index in [2.05, 4.69) is 13.8 Å². The first-order valence-corrected chi connectivity index (χ1v) is 10.4. The molecule has 4 rings (SSSR count). The average molecular weight is 392 g/mol. The Hall–Kier alpha value is -1.24. The zero-order valence-electron chi connectivity index (χ0n) is 17.4. The van der Waals surface area contributed by atoms with Gasteiger partial charge in [-0.15, -0.1) is 0 Å². The maximum atomic E-state index is 12.9. The van der Waals surface area contributed by atoms with Crippen molar-refractivity contribution in [2.24, 2.45) is 28.6 Å². The molecule has 6 nitrogen and oxygen atoms in total. The maximum Gasteiger partial charge on any atom is 0.341 e. The second-order valence-corrected chi connectivity index (χ2v) is 9.34. The van der Waals surface area contributed by atoms with Crippen molar-refractivity contribution in [1.29, 1.82) is 0 Å². The van der Waals surface area contributed by atoms with Crippen molar-refractivity contribution in [1.82, 2.24) is 0 Å². The third kappa shape index (κ3) is 2.71. The molecule has 1 aliphatic heterocycles. The average Bonchev–Trinajstić information content (AvgIpc) is 3.16. The van der Waals surface area contributed by atoms with Crippen molar-refractivity contribution in [3.63, 3.8) is 0 Å². The van der Waals surface area contributed by atoms with Crippen LogP contribution in [0.2, 0.25) is 0 Å². The predicted molar refractivity (Wildman–Crippen MR) is 101 cm³/mol. The van der Waals surface area contributed by atoms with Crippen LogP contribution in [0.3, 0.4) is 0 Å². The fourth-order valence-electron chi connectivity index (χ4n) is 6.92. The van der Waals surface area contributed by atoms with Gasteiger partial charge in [-0.3, -0.25) is 4.79 Å². The third-order valence-corrected chi connectivity index (χ3v) is 8.28. The number of ether oxygens (including phenoxy) is 4. The molecule has 0 aromatic carbocycles. The highest BCUT2D eigenvalue weighted by Gasteiger charge is 2.64. The monoisotopic (exact) mass is 392 g/mol. The van der Waals surface area contributed by atoms with E-state index in [0.29, 0.717) is 32.2 Å². The van der Waals surface area contributed by atoms with Crippen LogP contribution in [0.1, 0.15) is 46.0 Å². The van der Waals surface area contributed by atoms with E-state index < -0.39 is 11.8 Å². The number of hydrogen-bond donors (Lipinski definition) is 0. The number of Topliss-reactive ketones (excluding diaryl/α,β-unsaturated/α-hetero) is 1. The number of esters is 1. The molecule has 28 heavy (non-hydrogen) atoms. The second kappa shape index (κ2) is 6.92. The summed E-state index contributed by atoms with van der Waals surface area (Å²) in [4.78, 5) is 25.1. The third-order valence-electron chi connectivity index (χ3n) is 8.28. The lowest BCUT2D eigenvalue weighted by molar-refractivity contribution is -0.262. The van der Waals surface area contributed by atoms with Crippen molar-refractivity contribution in [3.05, 3.63) is 11.6 Å². The summed E-state index contributed by atoms with van der Waals surface area (Å²) in [6.45, 7) is 6.41. The van der Waals surface area contributed by atoms with E-state index in [1.54, 1.807) is 7.11 Å². The van der Waals surface area contributed by atoms with Gasteiger partial charge in [0.1, 0.15) is 0 Å². The Labute approximate surface area is 166 Å². The van der Waals surface area contributed by atoms with Gasteiger partial charge in [0.05, 0.1) is 32.5 Å². The lowest BCUT2D eigenvalue weighted by Crippen LogP contribution is -2.61. The zero-order valence-corrected chi connectivity index (χ0v) is 17.4. The van der Waals surface area contributed by atoms with Crippen molar-refractivity contribution in [2.45, 2.75) is 51.7 Å². The molecule has 0 radical (unpaired) electrons. The Balaban J connectivity index is 1.73. The Kier molecular flexibility index (Phi) is 4.96. The van der Waals surface area contributed by atoms with Crippen LogP contribution in [0, 0.1) is 28.6 Å². The van der Waals surface area contributed by atoms with Gasteiger partial charge in [-0.1, -0.05) is 19.9 Å². The van der Waals surface area contributed by atoms with Crippen LogP contribution in [0.4, 0.5) is 0 Å². The molecule has 1 saturated heterocycles. The molecule has 3 fully saturated rings. The van der Waals surface area contributed by atoms with Gasteiger partial charge in [-0.05, 0) is 36.5 Å². The van der Waals surface area contributed by atoms with E-state index in [1.807, 2.05) is 6.08 Å². The second-order valence-electron chi connectivity index (χ2n) is 9.34. The highest BCUT2D eigenvalue weighted by Crippen LogP contribution is 2.66. The normalized spacial score (nSPS) is 41.9. The van der Waals surface area contributed by atoms with Gasteiger partial charge in [-0.2, -0.15) is 0 Å². The van der Waals surface area contributed by atoms with Crippen LogP contribution < -0.4 is 0 Å². The van der Waals surface area contributed by atoms with Gasteiger partial charge in [0.2, 0.25) is 0 Å². The van der Waals surface area contributed by atoms with Crippen LogP contribution in [0.15, 0.2) is 11.6 Å². The van der Waals surface area contributed by atoms with Gasteiger partial charge >= 0.3 is 5.97 Å². The van der Waals surface area contributed by atoms with Gasteiger partial charge in [-0.25, -0.2) is 4.79 Å². The molecule has 0 bridgehead atoms. The summed E-state index contributed by atoms with van der Waals surface area (Å²) in [7, 11) is 3.02. The van der Waals surface area contributed by atoms with E-state index in [-0.39, 0.29) is 34.0 Å². The van der Waals surface area contributed by atoms with Crippen LogP contribution in [-0.4, -0.2) is 51.6 Å². The molecule has 0 amide bonds. The number of fused-ring (bicyclic) bond motifs is 3. The molecule has 5 atom stereocenters. The first-order valence-electron chi connectivity index (χ1n) is 10.4. The highest BCUT2D eigenvalue weighted by atomic mass is 16.7. The zero-order chi connectivity index (χ0) is 20.2. The summed E-state index contributed by atoms with van der Waals surface area (Å²) in [6.07, 6.45) is 5.96. The number of carbonyl (C=O) groups is 2. The SMILES string of the molecule is COC[C@]12C=C(C(=O)OC)C(=O)CC1[C@@]1(C)CCC3(OCCO3)[C@@H](C)[C@@H]1CC2. The minimum absolute atomic E-state index is 0.0232. The first-order chi connectivity index (χ1) is 13.3. The molecule has 156 valence electrons. The summed E-state index contributed by atoms with van der Waals surface area (Å²) in [5.41, 5.74) is -0.135. The molecule has 2 saturated carbocycles. The number of carbonyl (C=O) groups excluding carboxylic acids is 2. The molecule has 0 N–H and O–H groups in total. The molecule has 6 heteroatoms. The molecule has 4 aliphatic rings. The van der Waals surface area contributed by atoms with Gasteiger partial charge in [0.15, 0.2) is 11.6 Å². The summed E-state index contributed by atoms with van der Waals surface area (Å²) >= 11 is 0. The fourth-order valence-corrected chi connectivity index (χ4v) is 6.92. The minimum atomic E-state index is -0.532. The van der Waals surface area contributed by atoms with Crippen molar-refractivity contribution < 1.29 is 28.5 Å². The van der Waals surface area contributed by atoms with E-state index in [0.717, 1.165) is 25.7 Å². The molecule has 1 spiro atoms. The summed E-state index contributed by atoms with van der Waals surface area (Å²) < 4.78 is 22.7. The van der Waals surface area contributed by atoms with Crippen molar-refractivity contribution >= 4 is 11.8 Å². The van der Waals surface area contributed by atoms with Gasteiger partial charge in [0.25, 0.3) is 0 Å². The van der Waals surface area contributed by atoms with Crippen LogP contribution in [-0.2, 0) is 28.5 Å². The number of rotatable bonds is 3. The van der Waals surface area contributed by atoms with E-state index in [1.165, 1.54) is 7.11 Å².